The lowest BCUT2D eigenvalue weighted by Crippen LogP contribution is -2.67. The molecule has 0 unspecified atom stereocenters. The molecule has 0 spiro atoms. The third kappa shape index (κ3) is 5.21. The number of ether oxygens (including phenoxy) is 1. The first-order valence-corrected chi connectivity index (χ1v) is 14.3. The molecule has 3 aromatic rings. The molecule has 2 atom stereocenters. The number of carbonyl (C=O) groups is 1. The van der Waals surface area contributed by atoms with Gasteiger partial charge in [-0.15, -0.1) is 0 Å². The first kappa shape index (κ1) is 25.2. The van der Waals surface area contributed by atoms with Crippen molar-refractivity contribution in [2.45, 2.75) is 64.3 Å². The predicted molar refractivity (Wildman–Crippen MR) is 145 cm³/mol. The summed E-state index contributed by atoms with van der Waals surface area (Å²) in [5, 5.41) is 2.35. The molecule has 1 amide bonds. The fourth-order valence-corrected chi connectivity index (χ4v) is 9.60. The lowest BCUT2D eigenvalue weighted by atomic mass is 10.1. The number of hydrogen-bond donors (Lipinski definition) is 0. The maximum atomic E-state index is 13.1. The van der Waals surface area contributed by atoms with E-state index in [0.717, 1.165) is 5.56 Å². The van der Waals surface area contributed by atoms with E-state index < -0.39 is 13.9 Å². The Labute approximate surface area is 211 Å². The van der Waals surface area contributed by atoms with Crippen molar-refractivity contribution >= 4 is 24.8 Å². The van der Waals surface area contributed by atoms with Crippen molar-refractivity contribution in [3.63, 3.8) is 0 Å². The Balaban J connectivity index is 1.70. The Morgan fingerprint density at radius 3 is 1.66 bits per heavy atom. The Kier molecular flexibility index (Phi) is 6.94. The van der Waals surface area contributed by atoms with Gasteiger partial charge < -0.3 is 9.16 Å². The van der Waals surface area contributed by atoms with Crippen LogP contribution in [-0.4, -0.2) is 37.6 Å². The van der Waals surface area contributed by atoms with Gasteiger partial charge in [0.25, 0.3) is 8.32 Å². The van der Waals surface area contributed by atoms with Crippen molar-refractivity contribution in [3.8, 4) is 0 Å². The van der Waals surface area contributed by atoms with Crippen molar-refractivity contribution in [3.05, 3.63) is 96.6 Å². The highest BCUT2D eigenvalue weighted by Gasteiger charge is 2.57. The van der Waals surface area contributed by atoms with Crippen LogP contribution in [0.5, 0.6) is 0 Å². The van der Waals surface area contributed by atoms with Gasteiger partial charge in [-0.2, -0.15) is 0 Å². The van der Waals surface area contributed by atoms with E-state index in [1.54, 1.807) is 0 Å². The average molecular weight is 488 g/mol. The van der Waals surface area contributed by atoms with Crippen molar-refractivity contribution in [2.75, 3.05) is 6.61 Å². The second-order valence-electron chi connectivity index (χ2n) is 11.3. The molecule has 1 fully saturated rings. The van der Waals surface area contributed by atoms with Gasteiger partial charge in [-0.25, -0.2) is 4.79 Å². The van der Waals surface area contributed by atoms with Crippen molar-refractivity contribution in [1.82, 2.24) is 4.90 Å². The van der Waals surface area contributed by atoms with Gasteiger partial charge in [0.15, 0.2) is 0 Å². The predicted octanol–water partition coefficient (Wildman–Crippen LogP) is 5.92. The van der Waals surface area contributed by atoms with Gasteiger partial charge in [-0.3, -0.25) is 4.90 Å². The lowest BCUT2D eigenvalue weighted by Gasteiger charge is -2.43. The smallest absolute Gasteiger partial charge is 0.411 e. The molecule has 35 heavy (non-hydrogen) atoms. The van der Waals surface area contributed by atoms with Crippen LogP contribution in [0.4, 0.5) is 4.79 Å². The number of benzene rings is 3. The number of carbonyl (C=O) groups excluding carboxylic acids is 1. The highest BCUT2D eigenvalue weighted by molar-refractivity contribution is 6.99. The first-order valence-electron chi connectivity index (χ1n) is 12.4. The third-order valence-electron chi connectivity index (χ3n) is 6.56. The topological polar surface area (TPSA) is 38.5 Å². The molecule has 1 aliphatic rings. The van der Waals surface area contributed by atoms with E-state index in [4.69, 9.17) is 9.16 Å². The van der Waals surface area contributed by atoms with Crippen LogP contribution in [0.25, 0.3) is 0 Å². The van der Waals surface area contributed by atoms with Crippen molar-refractivity contribution < 1.29 is 14.0 Å². The molecule has 5 heteroatoms. The van der Waals surface area contributed by atoms with E-state index in [-0.39, 0.29) is 23.2 Å². The standard InChI is InChI=1S/C30H37NO3Si/c1-29(2,3)34-28(32)31-26(27(31)23-16-10-7-11-17-23)22-33-35(30(4,5)6,24-18-12-8-13-19-24)25-20-14-9-15-21-25/h7-21,26-27H,22H2,1-6H3/t26-,27-,31?/m1/s1. The molecular weight excluding hydrogens is 450 g/mol. The molecule has 3 aromatic carbocycles. The number of rotatable bonds is 6. The summed E-state index contributed by atoms with van der Waals surface area (Å²) in [4.78, 5) is 15.0. The summed E-state index contributed by atoms with van der Waals surface area (Å²) >= 11 is 0. The van der Waals surface area contributed by atoms with E-state index in [1.165, 1.54) is 10.4 Å². The molecule has 0 radical (unpaired) electrons. The molecule has 0 N–H and O–H groups in total. The van der Waals surface area contributed by atoms with Gasteiger partial charge in [-0.05, 0) is 41.7 Å². The fourth-order valence-electron chi connectivity index (χ4n) is 5.02. The van der Waals surface area contributed by atoms with E-state index in [0.29, 0.717) is 6.61 Å². The van der Waals surface area contributed by atoms with E-state index in [1.807, 2.05) is 56.0 Å². The van der Waals surface area contributed by atoms with Crippen LogP contribution in [0.15, 0.2) is 91.0 Å². The summed E-state index contributed by atoms with van der Waals surface area (Å²) in [6.07, 6.45) is -0.289. The van der Waals surface area contributed by atoms with Gasteiger partial charge in [0, 0.05) is 0 Å². The van der Waals surface area contributed by atoms with Gasteiger partial charge in [0.1, 0.15) is 5.60 Å². The van der Waals surface area contributed by atoms with E-state index in [9.17, 15) is 4.79 Å². The number of hydrogen-bond acceptors (Lipinski definition) is 3. The molecular formula is C30H37NO3Si. The van der Waals surface area contributed by atoms with Gasteiger partial charge in [-0.1, -0.05) is 112 Å². The molecule has 1 heterocycles. The summed E-state index contributed by atoms with van der Waals surface area (Å²) in [7, 11) is -2.69. The Bertz CT molecular complexity index is 1080. The minimum Gasteiger partial charge on any atom is -0.444 e. The second-order valence-corrected chi connectivity index (χ2v) is 15.6. The SMILES string of the molecule is CC(C)(C)OC(=O)N1[C@H](CO[Si](c2ccccc2)(c2ccccc2)C(C)(C)C)[C@H]1c1ccccc1. The maximum Gasteiger partial charge on any atom is 0.411 e. The molecule has 0 bridgehead atoms. The molecule has 1 saturated heterocycles. The summed E-state index contributed by atoms with van der Waals surface area (Å²) in [5.74, 6) is 0. The molecule has 0 aromatic heterocycles. The maximum absolute atomic E-state index is 13.1. The summed E-state index contributed by atoms with van der Waals surface area (Å²) < 4.78 is 12.9. The number of amides is 1. The van der Waals surface area contributed by atoms with Gasteiger partial charge in [0.05, 0.1) is 18.7 Å². The van der Waals surface area contributed by atoms with Crippen LogP contribution in [0, 0.1) is 0 Å². The van der Waals surface area contributed by atoms with Crippen molar-refractivity contribution in [1.29, 1.82) is 0 Å². The Morgan fingerprint density at radius 1 is 0.771 bits per heavy atom. The zero-order valence-corrected chi connectivity index (χ0v) is 22.7. The fraction of sp³-hybridized carbons (Fsp3) is 0.367. The molecule has 4 nitrogen and oxygen atoms in total. The molecule has 1 aliphatic heterocycles. The monoisotopic (exact) mass is 487 g/mol. The van der Waals surface area contributed by atoms with Crippen LogP contribution >= 0.6 is 0 Å². The minimum atomic E-state index is -2.69. The van der Waals surface area contributed by atoms with E-state index in [2.05, 4.69) is 81.4 Å². The molecule has 0 aliphatic carbocycles. The quantitative estimate of drug-likeness (QED) is 0.320. The Hall–Kier alpha value is -2.89. The highest BCUT2D eigenvalue weighted by Crippen LogP contribution is 2.46. The summed E-state index contributed by atoms with van der Waals surface area (Å²) in [6, 6.07) is 31.3. The van der Waals surface area contributed by atoms with Gasteiger partial charge >= 0.3 is 6.09 Å². The number of nitrogens with zero attached hydrogens (tertiary/aromatic N) is 1. The second kappa shape index (κ2) is 9.63. The molecule has 0 saturated carbocycles. The first-order chi connectivity index (χ1) is 16.5. The van der Waals surface area contributed by atoms with Crippen LogP contribution < -0.4 is 10.4 Å². The Morgan fingerprint density at radius 2 is 1.23 bits per heavy atom. The third-order valence-corrected chi connectivity index (χ3v) is 11.6. The highest BCUT2D eigenvalue weighted by atomic mass is 28.4. The lowest BCUT2D eigenvalue weighted by molar-refractivity contribution is 0.0383. The zero-order valence-electron chi connectivity index (χ0n) is 21.7. The van der Waals surface area contributed by atoms with Crippen LogP contribution in [0.1, 0.15) is 53.1 Å². The molecule has 184 valence electrons. The average Bonchev–Trinajstić information content (AvgIpc) is 3.54. The minimum absolute atomic E-state index is 0.0516. The van der Waals surface area contributed by atoms with Crippen LogP contribution in [-0.2, 0) is 9.16 Å². The summed E-state index contributed by atoms with van der Waals surface area (Å²) in [5.41, 5.74) is 0.555. The van der Waals surface area contributed by atoms with Crippen LogP contribution in [0.3, 0.4) is 0 Å². The van der Waals surface area contributed by atoms with E-state index >= 15 is 0 Å². The molecule has 4 rings (SSSR count). The van der Waals surface area contributed by atoms with Crippen LogP contribution in [0.2, 0.25) is 5.04 Å². The zero-order chi connectivity index (χ0) is 25.3. The van der Waals surface area contributed by atoms with Crippen molar-refractivity contribution in [2.24, 2.45) is 0 Å². The normalized spacial score (nSPS) is 18.3. The van der Waals surface area contributed by atoms with Gasteiger partial charge in [0.2, 0.25) is 0 Å². The largest absolute Gasteiger partial charge is 0.444 e. The summed E-state index contributed by atoms with van der Waals surface area (Å²) in [6.45, 7) is 13.0.